The summed E-state index contributed by atoms with van der Waals surface area (Å²) < 4.78 is 0. The molecule has 1 saturated carbocycles. The van der Waals surface area contributed by atoms with Gasteiger partial charge in [-0.1, -0.05) is 0 Å². The molecule has 0 spiro atoms. The maximum atomic E-state index is 13.7. The number of aliphatic hydroxyl groups is 3. The number of hydrogen-bond donors (Lipinski definition) is 6. The van der Waals surface area contributed by atoms with Crippen molar-refractivity contribution in [3.63, 3.8) is 0 Å². The Kier molecular flexibility index (Phi) is 4.27. The fourth-order valence-electron chi connectivity index (χ4n) is 5.70. The molecule has 2 aromatic rings. The summed E-state index contributed by atoms with van der Waals surface area (Å²) in [5.41, 5.74) is 2.97. The number of nitrogens with zero attached hydrogens (tertiary/aromatic N) is 2. The minimum Gasteiger partial charge on any atom is -0.508 e. The molecule has 0 aliphatic heterocycles. The van der Waals surface area contributed by atoms with Crippen molar-refractivity contribution in [3.05, 3.63) is 40.4 Å². The van der Waals surface area contributed by atoms with Crippen LogP contribution < -0.4 is 5.73 Å². The van der Waals surface area contributed by atoms with Crippen molar-refractivity contribution < 1.29 is 34.8 Å². The SMILES string of the molecule is CN(C)[C@@H]1C(=O)C(C(N)=O)=C(O)[C@@]2(O)C(=O)C3=C(O)c4c(cc5[nH]cnc5c4O)C[C@H]3C[C@@H]12. The predicted molar refractivity (Wildman–Crippen MR) is 114 cm³/mol. The lowest BCUT2D eigenvalue weighted by atomic mass is 9.57. The number of aliphatic hydroxyl groups excluding tert-OH is 2. The zero-order valence-corrected chi connectivity index (χ0v) is 17.8. The second kappa shape index (κ2) is 6.65. The number of Topliss-reactive ketones (excluding diaryl/α,β-unsaturated/α-hetero) is 2. The number of nitrogens with two attached hydrogens (primary N) is 1. The number of aromatic amines is 1. The van der Waals surface area contributed by atoms with E-state index in [1.165, 1.54) is 11.2 Å². The van der Waals surface area contributed by atoms with Crippen LogP contribution in [-0.2, 0) is 20.8 Å². The van der Waals surface area contributed by atoms with E-state index in [9.17, 15) is 34.8 Å². The maximum Gasteiger partial charge on any atom is 0.255 e. The minimum atomic E-state index is -2.64. The van der Waals surface area contributed by atoms with Gasteiger partial charge in [0.2, 0.25) is 5.78 Å². The van der Waals surface area contributed by atoms with E-state index in [-0.39, 0.29) is 35.2 Å². The van der Waals surface area contributed by atoms with Crippen LogP contribution in [0.4, 0.5) is 0 Å². The molecule has 11 heteroatoms. The summed E-state index contributed by atoms with van der Waals surface area (Å²) in [6, 6.07) is 0.610. The second-order valence-corrected chi connectivity index (χ2v) is 9.02. The van der Waals surface area contributed by atoms with Gasteiger partial charge >= 0.3 is 0 Å². The molecule has 0 bridgehead atoms. The molecule has 11 nitrogen and oxygen atoms in total. The van der Waals surface area contributed by atoms with Crippen LogP contribution in [-0.4, -0.2) is 78.5 Å². The number of H-pyrrole nitrogens is 1. The number of aromatic nitrogens is 2. The van der Waals surface area contributed by atoms with Crippen LogP contribution in [0, 0.1) is 11.8 Å². The molecular formula is C22H22N4O7. The lowest BCUT2D eigenvalue weighted by molar-refractivity contribution is -0.153. The largest absolute Gasteiger partial charge is 0.508 e. The van der Waals surface area contributed by atoms with E-state index in [2.05, 4.69) is 9.97 Å². The molecule has 1 aromatic heterocycles. The third-order valence-electron chi connectivity index (χ3n) is 7.10. The average Bonchev–Trinajstić information content (AvgIpc) is 3.19. The van der Waals surface area contributed by atoms with Crippen LogP contribution in [0.5, 0.6) is 5.75 Å². The number of carbonyl (C=O) groups excluding carboxylic acids is 3. The van der Waals surface area contributed by atoms with Crippen molar-refractivity contribution in [3.8, 4) is 5.75 Å². The first-order valence-electron chi connectivity index (χ1n) is 10.3. The van der Waals surface area contributed by atoms with Gasteiger partial charge in [0.25, 0.3) is 5.91 Å². The van der Waals surface area contributed by atoms with Crippen LogP contribution in [0.3, 0.4) is 0 Å². The number of phenols is 1. The Morgan fingerprint density at radius 1 is 1.27 bits per heavy atom. The lowest BCUT2D eigenvalue weighted by Gasteiger charge is -2.50. The molecule has 0 radical (unpaired) electrons. The molecule has 33 heavy (non-hydrogen) atoms. The molecule has 1 heterocycles. The highest BCUT2D eigenvalue weighted by molar-refractivity contribution is 6.24. The number of likely N-dealkylation sites (N-methyl/N-ethyl adjacent to an activating group) is 1. The Labute approximate surface area is 186 Å². The standard InChI is InChI=1S/C22H22N4O7/c1-26(2)15-9-4-7-3-8-5-10-14(25-6-24-10)17(28)11(8)16(27)12(7)19(30)22(9,33)20(31)13(18(15)29)21(23)32/h5-7,9,15,27-28,31,33H,3-4H2,1-2H3,(H2,23,32)(H,24,25)/t7-,9-,15-,22-/m0/s1. The monoisotopic (exact) mass is 454 g/mol. The molecule has 0 unspecified atom stereocenters. The van der Waals surface area contributed by atoms with E-state index in [0.717, 1.165) is 0 Å². The number of rotatable bonds is 2. The van der Waals surface area contributed by atoms with Gasteiger partial charge in [0, 0.05) is 11.5 Å². The Morgan fingerprint density at radius 2 is 1.97 bits per heavy atom. The average molecular weight is 454 g/mol. The van der Waals surface area contributed by atoms with Crippen molar-refractivity contribution in [2.24, 2.45) is 17.6 Å². The quantitative estimate of drug-likeness (QED) is 0.335. The zero-order chi connectivity index (χ0) is 24.0. The van der Waals surface area contributed by atoms with Crippen molar-refractivity contribution in [2.75, 3.05) is 14.1 Å². The zero-order valence-electron chi connectivity index (χ0n) is 17.8. The smallest absolute Gasteiger partial charge is 0.255 e. The Hall–Kier alpha value is -3.70. The van der Waals surface area contributed by atoms with Crippen LogP contribution in [0.25, 0.3) is 16.8 Å². The second-order valence-electron chi connectivity index (χ2n) is 9.02. The van der Waals surface area contributed by atoms with Gasteiger partial charge in [-0.25, -0.2) is 4.98 Å². The summed E-state index contributed by atoms with van der Waals surface area (Å²) in [5.74, 6) is -6.75. The van der Waals surface area contributed by atoms with Gasteiger partial charge in [-0.15, -0.1) is 0 Å². The van der Waals surface area contributed by atoms with Gasteiger partial charge in [0.05, 0.1) is 23.4 Å². The molecule has 3 aliphatic carbocycles. The molecular weight excluding hydrogens is 432 g/mol. The number of carbonyl (C=O) groups is 3. The molecule has 172 valence electrons. The molecule has 1 amide bonds. The fourth-order valence-corrected chi connectivity index (χ4v) is 5.70. The van der Waals surface area contributed by atoms with Crippen LogP contribution >= 0.6 is 0 Å². The van der Waals surface area contributed by atoms with Crippen molar-refractivity contribution >= 4 is 34.3 Å². The maximum absolute atomic E-state index is 13.7. The van der Waals surface area contributed by atoms with Gasteiger partial charge in [0.15, 0.2) is 17.1 Å². The van der Waals surface area contributed by atoms with E-state index < -0.39 is 58.0 Å². The van der Waals surface area contributed by atoms with Crippen molar-refractivity contribution in [2.45, 2.75) is 24.5 Å². The Bertz CT molecular complexity index is 1340. The molecule has 7 N–H and O–H groups in total. The van der Waals surface area contributed by atoms with Crippen LogP contribution in [0.15, 0.2) is 29.3 Å². The van der Waals surface area contributed by atoms with Gasteiger partial charge in [-0.2, -0.15) is 0 Å². The Balaban J connectivity index is 1.76. The van der Waals surface area contributed by atoms with E-state index in [1.54, 1.807) is 20.2 Å². The van der Waals surface area contributed by atoms with Crippen molar-refractivity contribution in [1.82, 2.24) is 14.9 Å². The number of aromatic hydroxyl groups is 1. The first kappa shape index (κ1) is 21.2. The summed E-state index contributed by atoms with van der Waals surface area (Å²) in [5, 5.41) is 44.1. The molecule has 0 saturated heterocycles. The molecule has 1 aromatic carbocycles. The number of ketones is 2. The highest BCUT2D eigenvalue weighted by atomic mass is 16.3. The minimum absolute atomic E-state index is 0.0193. The summed E-state index contributed by atoms with van der Waals surface area (Å²) in [6.45, 7) is 0. The number of imidazole rings is 1. The number of fused-ring (bicyclic) bond motifs is 4. The first-order chi connectivity index (χ1) is 15.5. The van der Waals surface area contributed by atoms with Crippen molar-refractivity contribution in [1.29, 1.82) is 0 Å². The van der Waals surface area contributed by atoms with E-state index in [0.29, 0.717) is 11.1 Å². The summed E-state index contributed by atoms with van der Waals surface area (Å²) >= 11 is 0. The molecule has 4 atom stereocenters. The predicted octanol–water partition coefficient (Wildman–Crippen LogP) is -0.160. The third-order valence-corrected chi connectivity index (χ3v) is 7.10. The highest BCUT2D eigenvalue weighted by Crippen LogP contribution is 2.53. The number of phenolic OH excluding ortho intramolecular Hbond substituents is 1. The molecule has 5 rings (SSSR count). The number of primary amides is 1. The van der Waals surface area contributed by atoms with Gasteiger partial charge < -0.3 is 31.1 Å². The molecule has 1 fully saturated rings. The summed E-state index contributed by atoms with van der Waals surface area (Å²) in [7, 11) is 3.11. The number of hydrogen-bond acceptors (Lipinski definition) is 9. The lowest BCUT2D eigenvalue weighted by Crippen LogP contribution is -2.65. The van der Waals surface area contributed by atoms with Gasteiger partial charge in [0.1, 0.15) is 22.6 Å². The van der Waals surface area contributed by atoms with Gasteiger partial charge in [-0.3, -0.25) is 19.3 Å². The van der Waals surface area contributed by atoms with Gasteiger partial charge in [-0.05, 0) is 44.5 Å². The van der Waals surface area contributed by atoms with E-state index >= 15 is 0 Å². The third kappa shape index (κ3) is 2.51. The van der Waals surface area contributed by atoms with Crippen LogP contribution in [0.1, 0.15) is 17.5 Å². The first-order valence-corrected chi connectivity index (χ1v) is 10.3. The topological polar surface area (TPSA) is 190 Å². The van der Waals surface area contributed by atoms with E-state index in [4.69, 9.17) is 5.73 Å². The summed E-state index contributed by atoms with van der Waals surface area (Å²) in [6.07, 6.45) is 1.67. The molecule has 3 aliphatic rings. The normalized spacial score (nSPS) is 29.4. The van der Waals surface area contributed by atoms with E-state index in [1.807, 2.05) is 0 Å². The number of amides is 1. The highest BCUT2D eigenvalue weighted by Gasteiger charge is 2.64. The van der Waals surface area contributed by atoms with Crippen LogP contribution in [0.2, 0.25) is 0 Å². The summed E-state index contributed by atoms with van der Waals surface area (Å²) in [4.78, 5) is 47.0. The number of benzene rings is 1. The fraction of sp³-hybridized carbons (Fsp3) is 0.364. The Morgan fingerprint density at radius 3 is 2.61 bits per heavy atom. The number of nitrogens with one attached hydrogen (secondary N) is 1.